The first-order chi connectivity index (χ1) is 12.7. The zero-order valence-corrected chi connectivity index (χ0v) is 15.4. The third-order valence-corrected chi connectivity index (χ3v) is 5.66. The Kier molecular flexibility index (Phi) is 4.93. The smallest absolute Gasteiger partial charge is 0.241 e. The molecule has 1 atom stereocenters. The lowest BCUT2D eigenvalue weighted by Gasteiger charge is -2.28. The average Bonchev–Trinajstić information content (AvgIpc) is 3.12. The number of rotatable bonds is 4. The predicted molar refractivity (Wildman–Crippen MR) is 107 cm³/mol. The summed E-state index contributed by atoms with van der Waals surface area (Å²) >= 11 is 0. The van der Waals surface area contributed by atoms with Crippen LogP contribution in [0.25, 0.3) is 0 Å². The first kappa shape index (κ1) is 17.1. The van der Waals surface area contributed by atoms with Gasteiger partial charge in [-0.25, -0.2) is 0 Å². The van der Waals surface area contributed by atoms with E-state index in [1.165, 1.54) is 29.7 Å². The highest BCUT2D eigenvalue weighted by Gasteiger charge is 2.27. The van der Waals surface area contributed by atoms with Crippen LogP contribution in [-0.4, -0.2) is 37.0 Å². The maximum Gasteiger partial charge on any atom is 0.241 e. The van der Waals surface area contributed by atoms with Crippen LogP contribution in [0.2, 0.25) is 0 Å². The number of benzene rings is 2. The van der Waals surface area contributed by atoms with E-state index in [4.69, 9.17) is 0 Å². The average molecular weight is 349 g/mol. The molecular weight excluding hydrogens is 322 g/mol. The molecule has 26 heavy (non-hydrogen) atoms. The van der Waals surface area contributed by atoms with E-state index in [-0.39, 0.29) is 11.9 Å². The number of carbonyl (C=O) groups is 1. The van der Waals surface area contributed by atoms with Gasteiger partial charge in [0.25, 0.3) is 0 Å². The number of para-hydroxylation sites is 2. The van der Waals surface area contributed by atoms with Crippen molar-refractivity contribution in [2.45, 2.75) is 38.3 Å². The number of likely N-dealkylation sites (N-methyl/N-ethyl adjacent to an activating group) is 1. The highest BCUT2D eigenvalue weighted by atomic mass is 16.2. The molecule has 2 aliphatic heterocycles. The van der Waals surface area contributed by atoms with Crippen molar-refractivity contribution in [2.75, 3.05) is 30.4 Å². The molecule has 2 aromatic carbocycles. The van der Waals surface area contributed by atoms with E-state index in [1.54, 1.807) is 0 Å². The van der Waals surface area contributed by atoms with Crippen LogP contribution in [0.15, 0.2) is 48.5 Å². The Hall–Kier alpha value is -2.33. The molecule has 0 spiro atoms. The van der Waals surface area contributed by atoms with Gasteiger partial charge in [-0.15, -0.1) is 0 Å². The minimum atomic E-state index is -0.103. The number of aryl methyl sites for hydroxylation is 1. The Balaban J connectivity index is 1.50. The number of hydrogen-bond acceptors (Lipinski definition) is 3. The molecule has 4 nitrogen and oxygen atoms in total. The van der Waals surface area contributed by atoms with Crippen molar-refractivity contribution in [3.05, 3.63) is 59.7 Å². The number of fused-ring (bicyclic) bond motifs is 1. The third-order valence-electron chi connectivity index (χ3n) is 5.66. The van der Waals surface area contributed by atoms with E-state index in [0.29, 0.717) is 0 Å². The van der Waals surface area contributed by atoms with Gasteiger partial charge in [0.05, 0.1) is 6.04 Å². The van der Waals surface area contributed by atoms with Gasteiger partial charge < -0.3 is 10.2 Å². The third kappa shape index (κ3) is 3.47. The summed E-state index contributed by atoms with van der Waals surface area (Å²) in [5, 5.41) is 3.12. The number of nitrogens with zero attached hydrogens (tertiary/aromatic N) is 2. The van der Waals surface area contributed by atoms with E-state index in [1.807, 2.05) is 18.2 Å². The molecular formula is C22H27N3O. The molecule has 2 heterocycles. The van der Waals surface area contributed by atoms with E-state index in [0.717, 1.165) is 38.2 Å². The lowest BCUT2D eigenvalue weighted by molar-refractivity contribution is -0.121. The van der Waals surface area contributed by atoms with E-state index in [2.05, 4.69) is 52.5 Å². The van der Waals surface area contributed by atoms with Crippen LogP contribution in [0.5, 0.6) is 0 Å². The molecule has 2 aromatic rings. The van der Waals surface area contributed by atoms with Crippen LogP contribution in [-0.2, 0) is 17.8 Å². The van der Waals surface area contributed by atoms with Crippen LogP contribution < -0.4 is 10.2 Å². The zero-order valence-electron chi connectivity index (χ0n) is 15.4. The molecule has 0 radical (unpaired) electrons. The predicted octanol–water partition coefficient (Wildman–Crippen LogP) is 3.67. The fourth-order valence-corrected chi connectivity index (χ4v) is 4.21. The monoisotopic (exact) mass is 349 g/mol. The highest BCUT2D eigenvalue weighted by molar-refractivity contribution is 5.96. The fourth-order valence-electron chi connectivity index (χ4n) is 4.21. The maximum absolute atomic E-state index is 12.8. The van der Waals surface area contributed by atoms with Gasteiger partial charge in [0.2, 0.25) is 5.91 Å². The summed E-state index contributed by atoms with van der Waals surface area (Å²) in [5.74, 6) is 0.108. The van der Waals surface area contributed by atoms with Gasteiger partial charge in [0, 0.05) is 31.0 Å². The SMILES string of the molecule is CN(Cc1ccccc1N1CCCC1)C1CCc2ccccc2NC1=O. The summed E-state index contributed by atoms with van der Waals surface area (Å²) < 4.78 is 0. The number of anilines is 2. The Morgan fingerprint density at radius 2 is 1.81 bits per heavy atom. The molecule has 0 saturated carbocycles. The molecule has 2 aliphatic rings. The van der Waals surface area contributed by atoms with Crippen LogP contribution >= 0.6 is 0 Å². The first-order valence-corrected chi connectivity index (χ1v) is 9.64. The van der Waals surface area contributed by atoms with Crippen LogP contribution in [0.3, 0.4) is 0 Å². The Morgan fingerprint density at radius 3 is 2.65 bits per heavy atom. The van der Waals surface area contributed by atoms with Crippen molar-refractivity contribution in [1.82, 2.24) is 4.90 Å². The largest absolute Gasteiger partial charge is 0.371 e. The quantitative estimate of drug-likeness (QED) is 0.915. The van der Waals surface area contributed by atoms with Crippen molar-refractivity contribution in [2.24, 2.45) is 0 Å². The van der Waals surface area contributed by atoms with E-state index < -0.39 is 0 Å². The molecule has 0 aromatic heterocycles. The van der Waals surface area contributed by atoms with Crippen molar-refractivity contribution in [3.63, 3.8) is 0 Å². The second-order valence-electron chi connectivity index (χ2n) is 7.44. The number of nitrogens with one attached hydrogen (secondary N) is 1. The standard InChI is InChI=1S/C22H27N3O/c1-24(16-18-9-3-5-11-20(18)25-14-6-7-15-25)21-13-12-17-8-2-4-10-19(17)23-22(21)26/h2-5,8-11,21H,6-7,12-16H2,1H3,(H,23,26). The summed E-state index contributed by atoms with van der Waals surface area (Å²) in [4.78, 5) is 17.5. The molecule has 0 bridgehead atoms. The van der Waals surface area contributed by atoms with E-state index >= 15 is 0 Å². The van der Waals surface area contributed by atoms with Crippen molar-refractivity contribution in [1.29, 1.82) is 0 Å². The summed E-state index contributed by atoms with van der Waals surface area (Å²) in [6.07, 6.45) is 4.32. The van der Waals surface area contributed by atoms with Gasteiger partial charge in [0.1, 0.15) is 0 Å². The summed E-state index contributed by atoms with van der Waals surface area (Å²) in [5.41, 5.74) is 4.83. The van der Waals surface area contributed by atoms with Gasteiger partial charge in [-0.2, -0.15) is 0 Å². The van der Waals surface area contributed by atoms with Crippen molar-refractivity contribution in [3.8, 4) is 0 Å². The molecule has 1 amide bonds. The molecule has 1 unspecified atom stereocenters. The Labute approximate surface area is 155 Å². The Morgan fingerprint density at radius 1 is 1.08 bits per heavy atom. The van der Waals surface area contributed by atoms with E-state index in [9.17, 15) is 4.79 Å². The lowest BCUT2D eigenvalue weighted by atomic mass is 10.0. The molecule has 4 heteroatoms. The summed E-state index contributed by atoms with van der Waals surface area (Å²) in [6, 6.07) is 16.7. The molecule has 1 saturated heterocycles. The van der Waals surface area contributed by atoms with Gasteiger partial charge in [-0.3, -0.25) is 9.69 Å². The number of carbonyl (C=O) groups excluding carboxylic acids is 1. The molecule has 1 fully saturated rings. The molecule has 1 N–H and O–H groups in total. The minimum Gasteiger partial charge on any atom is -0.371 e. The van der Waals surface area contributed by atoms with Gasteiger partial charge in [0.15, 0.2) is 0 Å². The normalized spacial score (nSPS) is 20.0. The first-order valence-electron chi connectivity index (χ1n) is 9.64. The van der Waals surface area contributed by atoms with Crippen LogP contribution in [0.1, 0.15) is 30.4 Å². The zero-order chi connectivity index (χ0) is 17.9. The summed E-state index contributed by atoms with van der Waals surface area (Å²) in [6.45, 7) is 3.07. The summed E-state index contributed by atoms with van der Waals surface area (Å²) in [7, 11) is 2.07. The molecule has 0 aliphatic carbocycles. The maximum atomic E-state index is 12.8. The van der Waals surface area contributed by atoms with Crippen LogP contribution in [0.4, 0.5) is 11.4 Å². The Bertz CT molecular complexity index is 782. The topological polar surface area (TPSA) is 35.6 Å². The van der Waals surface area contributed by atoms with Crippen molar-refractivity contribution < 1.29 is 4.79 Å². The molecule has 4 rings (SSSR count). The highest BCUT2D eigenvalue weighted by Crippen LogP contribution is 2.28. The fraction of sp³-hybridized carbons (Fsp3) is 0.409. The second kappa shape index (κ2) is 7.50. The second-order valence-corrected chi connectivity index (χ2v) is 7.44. The van der Waals surface area contributed by atoms with Gasteiger partial charge in [-0.1, -0.05) is 36.4 Å². The van der Waals surface area contributed by atoms with Gasteiger partial charge >= 0.3 is 0 Å². The lowest BCUT2D eigenvalue weighted by Crippen LogP contribution is -2.41. The van der Waals surface area contributed by atoms with Gasteiger partial charge in [-0.05, 0) is 56.0 Å². The number of hydrogen-bond donors (Lipinski definition) is 1. The number of amides is 1. The van der Waals surface area contributed by atoms with Crippen LogP contribution in [0, 0.1) is 0 Å². The van der Waals surface area contributed by atoms with Crippen molar-refractivity contribution >= 4 is 17.3 Å². The minimum absolute atomic E-state index is 0.103. The molecule has 136 valence electrons.